The maximum Gasteiger partial charge on any atom is 0.255 e. The lowest BCUT2D eigenvalue weighted by Crippen LogP contribution is -2.44. The number of pyridine rings is 1. The Balaban J connectivity index is 1.39. The van der Waals surface area contributed by atoms with Gasteiger partial charge in [0.05, 0.1) is 12.7 Å². The van der Waals surface area contributed by atoms with Crippen LogP contribution >= 0.6 is 0 Å². The second-order valence-electron chi connectivity index (χ2n) is 7.12. The normalized spacial score (nSPS) is 19.0. The first-order chi connectivity index (χ1) is 12.7. The lowest BCUT2D eigenvalue weighted by molar-refractivity contribution is 0.0609. The van der Waals surface area contributed by atoms with Gasteiger partial charge in [-0.2, -0.15) is 0 Å². The van der Waals surface area contributed by atoms with E-state index in [1.54, 1.807) is 25.8 Å². The molecule has 4 rings (SSSR count). The molecular weight excluding hydrogens is 330 g/mol. The summed E-state index contributed by atoms with van der Waals surface area (Å²) < 4.78 is 5.21. The van der Waals surface area contributed by atoms with Gasteiger partial charge in [-0.3, -0.25) is 9.78 Å². The number of anilines is 1. The van der Waals surface area contributed by atoms with Crippen molar-refractivity contribution >= 4 is 11.7 Å². The van der Waals surface area contributed by atoms with Crippen molar-refractivity contribution in [3.63, 3.8) is 0 Å². The van der Waals surface area contributed by atoms with Crippen molar-refractivity contribution in [2.75, 3.05) is 38.2 Å². The number of carbonyl (C=O) groups excluding carboxylic acids is 1. The minimum Gasteiger partial charge on any atom is -0.481 e. The van der Waals surface area contributed by atoms with E-state index in [9.17, 15) is 4.79 Å². The van der Waals surface area contributed by atoms with Crippen molar-refractivity contribution in [3.8, 4) is 5.88 Å². The predicted molar refractivity (Wildman–Crippen MR) is 97.2 cm³/mol. The van der Waals surface area contributed by atoms with Crippen molar-refractivity contribution in [1.29, 1.82) is 0 Å². The van der Waals surface area contributed by atoms with E-state index in [-0.39, 0.29) is 11.3 Å². The summed E-state index contributed by atoms with van der Waals surface area (Å²) in [4.78, 5) is 29.4. The minimum absolute atomic E-state index is 0.0864. The number of aromatic nitrogens is 3. The van der Waals surface area contributed by atoms with Gasteiger partial charge in [-0.1, -0.05) is 0 Å². The van der Waals surface area contributed by atoms with Crippen LogP contribution in [0.5, 0.6) is 5.88 Å². The van der Waals surface area contributed by atoms with E-state index in [4.69, 9.17) is 4.74 Å². The maximum absolute atomic E-state index is 12.6. The molecule has 4 heterocycles. The van der Waals surface area contributed by atoms with Crippen LogP contribution in [0.3, 0.4) is 0 Å². The molecule has 0 unspecified atom stereocenters. The Morgan fingerprint density at radius 1 is 1.19 bits per heavy atom. The zero-order chi connectivity index (χ0) is 18.0. The van der Waals surface area contributed by atoms with E-state index < -0.39 is 0 Å². The lowest BCUT2D eigenvalue weighted by Gasteiger charge is -2.39. The molecular formula is C19H23N5O2. The average molecular weight is 353 g/mol. The number of ether oxygens (including phenoxy) is 1. The van der Waals surface area contributed by atoms with Gasteiger partial charge in [0.15, 0.2) is 0 Å². The van der Waals surface area contributed by atoms with Crippen LogP contribution in [0.2, 0.25) is 0 Å². The quantitative estimate of drug-likeness (QED) is 0.841. The van der Waals surface area contributed by atoms with Crippen LogP contribution in [0.1, 0.15) is 29.6 Å². The summed E-state index contributed by atoms with van der Waals surface area (Å²) in [6.45, 7) is 3.56. The number of hydrogen-bond donors (Lipinski definition) is 0. The number of rotatable bonds is 3. The van der Waals surface area contributed by atoms with Crippen LogP contribution < -0.4 is 9.64 Å². The van der Waals surface area contributed by atoms with Gasteiger partial charge < -0.3 is 14.5 Å². The fraction of sp³-hybridized carbons (Fsp3) is 0.474. The fourth-order valence-electron chi connectivity index (χ4n) is 4.01. The zero-order valence-electron chi connectivity index (χ0n) is 15.0. The molecule has 2 aliphatic heterocycles. The molecule has 2 aromatic rings. The summed E-state index contributed by atoms with van der Waals surface area (Å²) >= 11 is 0. The highest BCUT2D eigenvalue weighted by molar-refractivity contribution is 5.93. The Bertz CT molecular complexity index is 775. The molecule has 0 N–H and O–H groups in total. The van der Waals surface area contributed by atoms with Crippen LogP contribution in [0.25, 0.3) is 0 Å². The van der Waals surface area contributed by atoms with E-state index in [0.717, 1.165) is 51.3 Å². The molecule has 1 amide bonds. The van der Waals surface area contributed by atoms with Crippen LogP contribution in [0, 0.1) is 5.41 Å². The number of hydrogen-bond acceptors (Lipinski definition) is 6. The molecule has 7 nitrogen and oxygen atoms in total. The molecule has 2 fully saturated rings. The first-order valence-electron chi connectivity index (χ1n) is 8.99. The first-order valence-corrected chi connectivity index (χ1v) is 8.99. The SMILES string of the molecule is COc1cc(N2CCC3(CCN(C(=O)c4cccnc4)CC3)C2)ncn1. The van der Waals surface area contributed by atoms with Crippen molar-refractivity contribution in [3.05, 3.63) is 42.5 Å². The van der Waals surface area contributed by atoms with Crippen molar-refractivity contribution in [2.45, 2.75) is 19.3 Å². The monoisotopic (exact) mass is 353 g/mol. The molecule has 2 saturated heterocycles. The average Bonchev–Trinajstić information content (AvgIpc) is 3.12. The summed E-state index contributed by atoms with van der Waals surface area (Å²) in [5, 5.41) is 0. The Morgan fingerprint density at radius 2 is 2.00 bits per heavy atom. The van der Waals surface area contributed by atoms with Gasteiger partial charge in [-0.05, 0) is 36.8 Å². The summed E-state index contributed by atoms with van der Waals surface area (Å²) in [6, 6.07) is 5.53. The van der Waals surface area contributed by atoms with Gasteiger partial charge in [0.25, 0.3) is 5.91 Å². The van der Waals surface area contributed by atoms with Crippen molar-refractivity contribution in [2.24, 2.45) is 5.41 Å². The van der Waals surface area contributed by atoms with Crippen molar-refractivity contribution < 1.29 is 9.53 Å². The summed E-state index contributed by atoms with van der Waals surface area (Å²) in [7, 11) is 1.62. The number of piperidine rings is 1. The fourth-order valence-corrected chi connectivity index (χ4v) is 4.01. The first kappa shape index (κ1) is 16.8. The molecule has 1 spiro atoms. The molecule has 0 bridgehead atoms. The third-order valence-electron chi connectivity index (χ3n) is 5.62. The number of methoxy groups -OCH3 is 1. The standard InChI is InChI=1S/C19H23N5O2/c1-26-17-11-16(21-14-22-17)24-10-6-19(13-24)4-8-23(9-5-19)18(25)15-3-2-7-20-12-15/h2-3,7,11-12,14H,4-6,8-10,13H2,1H3. The van der Waals surface area contributed by atoms with E-state index >= 15 is 0 Å². The minimum atomic E-state index is 0.0864. The number of carbonyl (C=O) groups is 1. The zero-order valence-corrected chi connectivity index (χ0v) is 15.0. The number of nitrogens with zero attached hydrogens (tertiary/aromatic N) is 5. The lowest BCUT2D eigenvalue weighted by atomic mass is 9.77. The third kappa shape index (κ3) is 3.21. The second kappa shape index (κ2) is 6.90. The van der Waals surface area contributed by atoms with E-state index in [0.29, 0.717) is 11.4 Å². The Hall–Kier alpha value is -2.70. The largest absolute Gasteiger partial charge is 0.481 e. The third-order valence-corrected chi connectivity index (χ3v) is 5.62. The summed E-state index contributed by atoms with van der Waals surface area (Å²) in [5.74, 6) is 1.60. The van der Waals surface area contributed by atoms with Crippen LogP contribution in [-0.4, -0.2) is 59.0 Å². The molecule has 7 heteroatoms. The van der Waals surface area contributed by atoms with Crippen LogP contribution in [0.15, 0.2) is 36.9 Å². The van der Waals surface area contributed by atoms with Gasteiger partial charge in [-0.25, -0.2) is 9.97 Å². The molecule has 2 aliphatic rings. The second-order valence-corrected chi connectivity index (χ2v) is 7.12. The predicted octanol–water partition coefficient (Wildman–Crippen LogP) is 2.01. The highest BCUT2D eigenvalue weighted by Gasteiger charge is 2.41. The van der Waals surface area contributed by atoms with Crippen LogP contribution in [0.4, 0.5) is 5.82 Å². The van der Waals surface area contributed by atoms with Crippen LogP contribution in [-0.2, 0) is 0 Å². The molecule has 2 aromatic heterocycles. The highest BCUT2D eigenvalue weighted by Crippen LogP contribution is 2.41. The Kier molecular flexibility index (Phi) is 4.44. The molecule has 0 aliphatic carbocycles. The van der Waals surface area contributed by atoms with Gasteiger partial charge in [-0.15, -0.1) is 0 Å². The number of likely N-dealkylation sites (tertiary alicyclic amines) is 1. The number of amides is 1. The van der Waals surface area contributed by atoms with Gasteiger partial charge in [0.2, 0.25) is 5.88 Å². The molecule has 0 atom stereocenters. The molecule has 0 saturated carbocycles. The molecule has 0 radical (unpaired) electrons. The Labute approximate surface area is 153 Å². The Morgan fingerprint density at radius 3 is 2.73 bits per heavy atom. The highest BCUT2D eigenvalue weighted by atomic mass is 16.5. The summed E-state index contributed by atoms with van der Waals surface area (Å²) in [5.41, 5.74) is 0.939. The smallest absolute Gasteiger partial charge is 0.255 e. The van der Waals surface area contributed by atoms with E-state index in [1.807, 2.05) is 23.1 Å². The van der Waals surface area contributed by atoms with Crippen molar-refractivity contribution in [1.82, 2.24) is 19.9 Å². The maximum atomic E-state index is 12.6. The summed E-state index contributed by atoms with van der Waals surface area (Å²) in [6.07, 6.45) is 8.07. The van der Waals surface area contributed by atoms with Gasteiger partial charge >= 0.3 is 0 Å². The van der Waals surface area contributed by atoms with Gasteiger partial charge in [0.1, 0.15) is 12.1 Å². The molecule has 136 valence electrons. The van der Waals surface area contributed by atoms with E-state index in [2.05, 4.69) is 19.9 Å². The van der Waals surface area contributed by atoms with Gasteiger partial charge in [0, 0.05) is 44.6 Å². The topological polar surface area (TPSA) is 71.5 Å². The van der Waals surface area contributed by atoms with E-state index in [1.165, 1.54) is 0 Å². The molecule has 26 heavy (non-hydrogen) atoms. The molecule has 0 aromatic carbocycles.